The van der Waals surface area contributed by atoms with E-state index in [-0.39, 0.29) is 21.4 Å². The van der Waals surface area contributed by atoms with Crippen LogP contribution in [0, 0.1) is 0 Å². The van der Waals surface area contributed by atoms with Crippen molar-refractivity contribution in [2.75, 3.05) is 16.9 Å². The van der Waals surface area contributed by atoms with Gasteiger partial charge in [0, 0.05) is 23.1 Å². The van der Waals surface area contributed by atoms with Gasteiger partial charge >= 0.3 is 0 Å². The van der Waals surface area contributed by atoms with Gasteiger partial charge in [0.1, 0.15) is 12.7 Å². The molecule has 0 spiro atoms. The second kappa shape index (κ2) is 9.46. The third-order valence-electron chi connectivity index (χ3n) is 4.81. The van der Waals surface area contributed by atoms with E-state index in [9.17, 15) is 18.0 Å². The number of sulfone groups is 1. The van der Waals surface area contributed by atoms with E-state index in [0.717, 1.165) is 11.9 Å². The summed E-state index contributed by atoms with van der Waals surface area (Å²) in [7, 11) is -3.45. The van der Waals surface area contributed by atoms with Gasteiger partial charge < -0.3 is 10.6 Å². The Hall–Kier alpha value is -4.02. The molecule has 0 aliphatic heterocycles. The summed E-state index contributed by atoms with van der Waals surface area (Å²) >= 11 is 6.29. The Morgan fingerprint density at radius 1 is 0.912 bits per heavy atom. The topological polar surface area (TPSA) is 123 Å². The number of anilines is 2. The van der Waals surface area contributed by atoms with Gasteiger partial charge in [0.05, 0.1) is 21.3 Å². The summed E-state index contributed by atoms with van der Waals surface area (Å²) in [5.41, 5.74) is 2.12. The van der Waals surface area contributed by atoms with Crippen molar-refractivity contribution in [3.8, 4) is 5.69 Å². The molecule has 1 heterocycles. The fourth-order valence-corrected chi connectivity index (χ4v) is 3.96. The molecule has 3 aromatic carbocycles. The number of nitrogens with zero attached hydrogens (tertiary/aromatic N) is 3. The van der Waals surface area contributed by atoms with E-state index in [1.165, 1.54) is 36.7 Å². The first kappa shape index (κ1) is 23.1. The molecule has 0 atom stereocenters. The van der Waals surface area contributed by atoms with Crippen molar-refractivity contribution in [2.45, 2.75) is 4.90 Å². The first-order valence-electron chi connectivity index (χ1n) is 9.88. The molecule has 0 fully saturated rings. The molecule has 0 radical (unpaired) electrons. The Balaban J connectivity index is 1.44. The van der Waals surface area contributed by atoms with Crippen molar-refractivity contribution >= 4 is 44.6 Å². The highest BCUT2D eigenvalue weighted by Gasteiger charge is 2.14. The van der Waals surface area contributed by atoms with Gasteiger partial charge in [-0.3, -0.25) is 9.59 Å². The number of carbonyl (C=O) groups excluding carboxylic acids is 2. The van der Waals surface area contributed by atoms with Crippen LogP contribution in [0.5, 0.6) is 0 Å². The van der Waals surface area contributed by atoms with E-state index in [1.807, 2.05) is 0 Å². The van der Waals surface area contributed by atoms with Gasteiger partial charge in [0.2, 0.25) is 0 Å². The van der Waals surface area contributed by atoms with Crippen LogP contribution in [-0.2, 0) is 9.84 Å². The lowest BCUT2D eigenvalue weighted by Gasteiger charge is -2.11. The molecule has 2 N–H and O–H groups in total. The van der Waals surface area contributed by atoms with E-state index in [0.29, 0.717) is 16.9 Å². The van der Waals surface area contributed by atoms with Gasteiger partial charge in [0.15, 0.2) is 9.84 Å². The fraction of sp³-hybridized carbons (Fsp3) is 0.0435. The third-order valence-corrected chi connectivity index (χ3v) is 6.24. The quantitative estimate of drug-likeness (QED) is 0.419. The molecule has 11 heteroatoms. The van der Waals surface area contributed by atoms with Crippen LogP contribution in [-0.4, -0.2) is 41.3 Å². The summed E-state index contributed by atoms with van der Waals surface area (Å²) in [5.74, 6) is -0.854. The van der Waals surface area contributed by atoms with Gasteiger partial charge in [-0.1, -0.05) is 17.7 Å². The maximum Gasteiger partial charge on any atom is 0.255 e. The molecule has 0 aliphatic rings. The molecule has 0 saturated carbocycles. The number of nitrogens with one attached hydrogen (secondary N) is 2. The number of benzene rings is 3. The number of halogens is 1. The summed E-state index contributed by atoms with van der Waals surface area (Å²) < 4.78 is 25.0. The van der Waals surface area contributed by atoms with Gasteiger partial charge in [0.25, 0.3) is 11.8 Å². The minimum Gasteiger partial charge on any atom is -0.322 e. The molecule has 0 unspecified atom stereocenters. The number of aromatic nitrogens is 3. The zero-order chi connectivity index (χ0) is 24.3. The Morgan fingerprint density at radius 2 is 1.65 bits per heavy atom. The Bertz CT molecular complexity index is 1470. The van der Waals surface area contributed by atoms with E-state index in [1.54, 1.807) is 47.4 Å². The van der Waals surface area contributed by atoms with Gasteiger partial charge in [-0.25, -0.2) is 18.1 Å². The van der Waals surface area contributed by atoms with E-state index in [2.05, 4.69) is 20.7 Å². The summed E-state index contributed by atoms with van der Waals surface area (Å²) in [6.45, 7) is 0. The molecular formula is C23H18ClN5O4S. The lowest BCUT2D eigenvalue weighted by Crippen LogP contribution is -2.14. The van der Waals surface area contributed by atoms with Crippen molar-refractivity contribution in [3.05, 3.63) is 95.5 Å². The highest BCUT2D eigenvalue weighted by atomic mass is 35.5. The standard InChI is InChI=1S/C23H18ClN5O4S/c1-34(32,33)19-4-2-3-16(11-19)23(31)28-21-10-7-17(12-20(21)24)27-22(30)15-5-8-18(9-6-15)29-14-25-13-26-29/h2-14H,1H3,(H,27,30)(H,28,31). The van der Waals surface area contributed by atoms with Crippen LogP contribution in [0.1, 0.15) is 20.7 Å². The highest BCUT2D eigenvalue weighted by Crippen LogP contribution is 2.27. The first-order chi connectivity index (χ1) is 16.2. The molecule has 0 saturated heterocycles. The van der Waals surface area contributed by atoms with Crippen LogP contribution in [0.2, 0.25) is 5.02 Å². The molecule has 0 bridgehead atoms. The number of rotatable bonds is 6. The van der Waals surface area contributed by atoms with Crippen molar-refractivity contribution < 1.29 is 18.0 Å². The predicted octanol–water partition coefficient (Wildman–Crippen LogP) is 3.83. The third kappa shape index (κ3) is 5.30. The molecule has 2 amide bonds. The molecule has 0 aliphatic carbocycles. The average Bonchev–Trinajstić information content (AvgIpc) is 3.35. The second-order valence-electron chi connectivity index (χ2n) is 7.29. The summed E-state index contributed by atoms with van der Waals surface area (Å²) in [6.07, 6.45) is 4.04. The zero-order valence-electron chi connectivity index (χ0n) is 17.8. The average molecular weight is 496 g/mol. The smallest absolute Gasteiger partial charge is 0.255 e. The van der Waals surface area contributed by atoms with Crippen LogP contribution in [0.25, 0.3) is 5.69 Å². The summed E-state index contributed by atoms with van der Waals surface area (Å²) in [6, 6.07) is 17.2. The highest BCUT2D eigenvalue weighted by molar-refractivity contribution is 7.90. The van der Waals surface area contributed by atoms with E-state index in [4.69, 9.17) is 11.6 Å². The van der Waals surface area contributed by atoms with Crippen molar-refractivity contribution in [1.29, 1.82) is 0 Å². The summed E-state index contributed by atoms with van der Waals surface area (Å²) in [4.78, 5) is 29.1. The Morgan fingerprint density at radius 3 is 2.29 bits per heavy atom. The van der Waals surface area contributed by atoms with E-state index < -0.39 is 15.7 Å². The second-order valence-corrected chi connectivity index (χ2v) is 9.71. The minimum absolute atomic E-state index is 0.0404. The van der Waals surface area contributed by atoms with Gasteiger partial charge in [-0.05, 0) is 60.7 Å². The SMILES string of the molecule is CS(=O)(=O)c1cccc(C(=O)Nc2ccc(NC(=O)c3ccc(-n4cncn4)cc3)cc2Cl)c1. The Labute approximate surface area is 200 Å². The summed E-state index contributed by atoms with van der Waals surface area (Å²) in [5, 5.41) is 9.63. The largest absolute Gasteiger partial charge is 0.322 e. The van der Waals surface area contributed by atoms with Crippen molar-refractivity contribution in [3.63, 3.8) is 0 Å². The molecule has 4 aromatic rings. The van der Waals surface area contributed by atoms with Crippen LogP contribution >= 0.6 is 11.6 Å². The molecule has 172 valence electrons. The normalized spacial score (nSPS) is 11.1. The molecule has 4 rings (SSSR count). The molecular weight excluding hydrogens is 478 g/mol. The van der Waals surface area contributed by atoms with Crippen molar-refractivity contribution in [1.82, 2.24) is 14.8 Å². The lowest BCUT2D eigenvalue weighted by atomic mass is 10.2. The zero-order valence-corrected chi connectivity index (χ0v) is 19.3. The predicted molar refractivity (Wildman–Crippen MR) is 128 cm³/mol. The van der Waals surface area contributed by atoms with Gasteiger partial charge in [-0.15, -0.1) is 0 Å². The molecule has 34 heavy (non-hydrogen) atoms. The monoisotopic (exact) mass is 495 g/mol. The fourth-order valence-electron chi connectivity index (χ4n) is 3.07. The van der Waals surface area contributed by atoms with Crippen LogP contribution in [0.3, 0.4) is 0 Å². The van der Waals surface area contributed by atoms with E-state index >= 15 is 0 Å². The number of hydrogen-bond acceptors (Lipinski definition) is 6. The molecule has 1 aromatic heterocycles. The number of amides is 2. The lowest BCUT2D eigenvalue weighted by molar-refractivity contribution is 0.101. The van der Waals surface area contributed by atoms with Crippen LogP contribution in [0.4, 0.5) is 11.4 Å². The van der Waals surface area contributed by atoms with Crippen LogP contribution < -0.4 is 10.6 Å². The number of hydrogen-bond donors (Lipinski definition) is 2. The van der Waals surface area contributed by atoms with Crippen LogP contribution in [0.15, 0.2) is 84.3 Å². The van der Waals surface area contributed by atoms with Gasteiger partial charge in [-0.2, -0.15) is 5.10 Å². The Kier molecular flexibility index (Phi) is 6.44. The minimum atomic E-state index is -3.45. The maximum absolute atomic E-state index is 12.6. The molecule has 9 nitrogen and oxygen atoms in total. The number of carbonyl (C=O) groups is 2. The first-order valence-corrected chi connectivity index (χ1v) is 12.1. The van der Waals surface area contributed by atoms with Crippen molar-refractivity contribution in [2.24, 2.45) is 0 Å². The maximum atomic E-state index is 12.6.